The molecule has 0 aliphatic heterocycles. The SMILES string of the molecule is NC(N)=N/N=C/c1ccc(-c2ccc(-c3ccc(-c4ccc(/C=N/N=C(N)N)cc4)s3)s2)cc1. The minimum Gasteiger partial charge on any atom is -0.369 e. The molecule has 10 heteroatoms. The van der Waals surface area contributed by atoms with Crippen molar-refractivity contribution in [1.29, 1.82) is 0 Å². The summed E-state index contributed by atoms with van der Waals surface area (Å²) in [5.74, 6) is -0.136. The van der Waals surface area contributed by atoms with E-state index in [4.69, 9.17) is 22.9 Å². The lowest BCUT2D eigenvalue weighted by molar-refractivity contribution is 1.21. The number of hydrogen-bond donors (Lipinski definition) is 4. The molecule has 0 atom stereocenters. The first-order valence-corrected chi connectivity index (χ1v) is 11.8. The number of rotatable bonds is 7. The van der Waals surface area contributed by atoms with Crippen LogP contribution in [0.1, 0.15) is 11.1 Å². The van der Waals surface area contributed by atoms with Gasteiger partial charge in [-0.1, -0.05) is 48.5 Å². The summed E-state index contributed by atoms with van der Waals surface area (Å²) in [7, 11) is 0. The highest BCUT2D eigenvalue weighted by Crippen LogP contribution is 2.40. The average Bonchev–Trinajstić information content (AvgIpc) is 3.50. The normalized spacial score (nSPS) is 11.2. The second-order valence-corrected chi connectivity index (χ2v) is 9.28. The van der Waals surface area contributed by atoms with Crippen LogP contribution in [0.25, 0.3) is 30.6 Å². The molecule has 2 aromatic carbocycles. The van der Waals surface area contributed by atoms with Gasteiger partial charge < -0.3 is 22.9 Å². The van der Waals surface area contributed by atoms with Gasteiger partial charge in [-0.05, 0) is 46.5 Å². The zero-order valence-corrected chi connectivity index (χ0v) is 19.6. The third-order valence-electron chi connectivity index (χ3n) is 4.61. The predicted octanol–water partition coefficient (Wildman–Crippen LogP) is 4.03. The third kappa shape index (κ3) is 5.94. The Morgan fingerprint density at radius 1 is 0.500 bits per heavy atom. The lowest BCUT2D eigenvalue weighted by Crippen LogP contribution is -2.21. The monoisotopic (exact) mass is 486 g/mol. The maximum atomic E-state index is 5.27. The van der Waals surface area contributed by atoms with Crippen molar-refractivity contribution in [3.63, 3.8) is 0 Å². The molecular formula is C24H22N8S2. The maximum absolute atomic E-state index is 5.27. The molecule has 170 valence electrons. The Morgan fingerprint density at radius 2 is 0.853 bits per heavy atom. The molecule has 0 spiro atoms. The summed E-state index contributed by atoms with van der Waals surface area (Å²) in [4.78, 5) is 4.85. The minimum absolute atomic E-state index is 0.0679. The largest absolute Gasteiger partial charge is 0.369 e. The van der Waals surface area contributed by atoms with E-state index in [1.807, 2.05) is 24.3 Å². The number of hydrogen-bond acceptors (Lipinski definition) is 6. The van der Waals surface area contributed by atoms with Crippen LogP contribution in [0.3, 0.4) is 0 Å². The molecule has 8 nitrogen and oxygen atoms in total. The highest BCUT2D eigenvalue weighted by atomic mass is 32.1. The van der Waals surface area contributed by atoms with Gasteiger partial charge >= 0.3 is 0 Å². The zero-order valence-electron chi connectivity index (χ0n) is 18.0. The smallest absolute Gasteiger partial charge is 0.211 e. The molecule has 0 aliphatic carbocycles. The fourth-order valence-corrected chi connectivity index (χ4v) is 5.16. The molecule has 0 aliphatic rings. The van der Waals surface area contributed by atoms with E-state index in [2.05, 4.69) is 68.9 Å². The van der Waals surface area contributed by atoms with Gasteiger partial charge in [0.1, 0.15) is 0 Å². The zero-order chi connectivity index (χ0) is 23.9. The fourth-order valence-electron chi connectivity index (χ4n) is 3.04. The van der Waals surface area contributed by atoms with Crippen molar-refractivity contribution in [2.24, 2.45) is 43.3 Å². The van der Waals surface area contributed by atoms with Crippen molar-refractivity contribution in [2.75, 3.05) is 0 Å². The average molecular weight is 487 g/mol. The number of guanidine groups is 2. The van der Waals surface area contributed by atoms with Crippen LogP contribution in [0.2, 0.25) is 0 Å². The highest BCUT2D eigenvalue weighted by molar-refractivity contribution is 7.25. The first kappa shape index (κ1) is 22.9. The van der Waals surface area contributed by atoms with Gasteiger partial charge in [-0.2, -0.15) is 10.2 Å². The molecule has 34 heavy (non-hydrogen) atoms. The quantitative estimate of drug-likeness (QED) is 0.177. The topological polar surface area (TPSA) is 154 Å². The Hall–Kier alpha value is -4.28. The summed E-state index contributed by atoms with van der Waals surface area (Å²) in [5.41, 5.74) is 25.2. The molecule has 0 bridgehead atoms. The van der Waals surface area contributed by atoms with Gasteiger partial charge in [0.2, 0.25) is 11.9 Å². The molecule has 8 N–H and O–H groups in total. The summed E-state index contributed by atoms with van der Waals surface area (Å²) < 4.78 is 0. The molecule has 0 radical (unpaired) electrons. The molecule has 0 fully saturated rings. The number of nitrogens with zero attached hydrogens (tertiary/aromatic N) is 4. The van der Waals surface area contributed by atoms with E-state index >= 15 is 0 Å². The lowest BCUT2D eigenvalue weighted by atomic mass is 10.1. The van der Waals surface area contributed by atoms with Gasteiger partial charge in [0.15, 0.2) is 0 Å². The molecule has 0 unspecified atom stereocenters. The van der Waals surface area contributed by atoms with Gasteiger partial charge in [0.25, 0.3) is 0 Å². The number of benzene rings is 2. The summed E-state index contributed by atoms with van der Waals surface area (Å²) in [5, 5.41) is 14.9. The maximum Gasteiger partial charge on any atom is 0.211 e. The van der Waals surface area contributed by atoms with E-state index in [1.165, 1.54) is 19.5 Å². The second-order valence-electron chi connectivity index (χ2n) is 7.11. The predicted molar refractivity (Wildman–Crippen MR) is 145 cm³/mol. The van der Waals surface area contributed by atoms with Crippen molar-refractivity contribution in [2.45, 2.75) is 0 Å². The van der Waals surface area contributed by atoms with E-state index in [9.17, 15) is 0 Å². The summed E-state index contributed by atoms with van der Waals surface area (Å²) in [6.07, 6.45) is 3.22. The highest BCUT2D eigenvalue weighted by Gasteiger charge is 2.09. The molecule has 4 rings (SSSR count). The summed E-state index contributed by atoms with van der Waals surface area (Å²) in [6.45, 7) is 0. The molecule has 0 saturated heterocycles. The lowest BCUT2D eigenvalue weighted by Gasteiger charge is -1.99. The van der Waals surface area contributed by atoms with Crippen LogP contribution in [0.15, 0.2) is 93.2 Å². The Bertz CT molecular complexity index is 1260. The van der Waals surface area contributed by atoms with Gasteiger partial charge in [-0.25, -0.2) is 0 Å². The molecule has 2 heterocycles. The fraction of sp³-hybridized carbons (Fsp3) is 0. The van der Waals surface area contributed by atoms with E-state index in [0.29, 0.717) is 0 Å². The Balaban J connectivity index is 1.46. The van der Waals surface area contributed by atoms with Crippen LogP contribution < -0.4 is 22.9 Å². The Labute approximate surface area is 204 Å². The third-order valence-corrected chi connectivity index (χ3v) is 7.07. The summed E-state index contributed by atoms with van der Waals surface area (Å²) >= 11 is 3.52. The van der Waals surface area contributed by atoms with Crippen LogP contribution in [0.4, 0.5) is 0 Å². The molecule has 4 aromatic rings. The first-order chi connectivity index (χ1) is 16.5. The molecule has 2 aromatic heterocycles. The van der Waals surface area contributed by atoms with Crippen molar-refractivity contribution in [1.82, 2.24) is 0 Å². The van der Waals surface area contributed by atoms with Crippen LogP contribution in [-0.4, -0.2) is 24.3 Å². The van der Waals surface area contributed by atoms with Crippen molar-refractivity contribution < 1.29 is 0 Å². The van der Waals surface area contributed by atoms with Gasteiger partial charge in [-0.15, -0.1) is 32.9 Å². The molecule has 0 saturated carbocycles. The molecule has 0 amide bonds. The van der Waals surface area contributed by atoms with E-state index in [1.54, 1.807) is 35.1 Å². The summed E-state index contributed by atoms with van der Waals surface area (Å²) in [6, 6.07) is 24.8. The standard InChI is InChI=1S/C24H22N8S2/c25-23(26)31-29-13-15-1-5-17(6-2-15)19-9-11-21(33-19)22-12-10-20(34-22)18-7-3-16(4-8-18)14-30-32-24(27)28/h1-14H,(H4,25,26,31)(H4,27,28,32)/b29-13+,30-14+. The number of nitrogens with two attached hydrogens (primary N) is 4. The van der Waals surface area contributed by atoms with E-state index < -0.39 is 0 Å². The van der Waals surface area contributed by atoms with E-state index in [0.717, 1.165) is 22.3 Å². The minimum atomic E-state index is -0.0679. The van der Waals surface area contributed by atoms with Crippen LogP contribution in [-0.2, 0) is 0 Å². The van der Waals surface area contributed by atoms with Crippen molar-refractivity contribution in [3.8, 4) is 30.6 Å². The van der Waals surface area contributed by atoms with E-state index in [-0.39, 0.29) is 11.9 Å². The number of thiophene rings is 2. The molecular weight excluding hydrogens is 464 g/mol. The van der Waals surface area contributed by atoms with Crippen LogP contribution >= 0.6 is 22.7 Å². The van der Waals surface area contributed by atoms with Crippen molar-refractivity contribution >= 4 is 47.0 Å². The first-order valence-electron chi connectivity index (χ1n) is 10.1. The Morgan fingerprint density at radius 3 is 1.21 bits per heavy atom. The van der Waals surface area contributed by atoms with Crippen LogP contribution in [0.5, 0.6) is 0 Å². The van der Waals surface area contributed by atoms with Gasteiger partial charge in [0, 0.05) is 19.5 Å². The van der Waals surface area contributed by atoms with Gasteiger partial charge in [-0.3, -0.25) is 0 Å². The Kier molecular flexibility index (Phi) is 7.11. The second kappa shape index (κ2) is 10.6. The van der Waals surface area contributed by atoms with Crippen LogP contribution in [0, 0.1) is 0 Å². The van der Waals surface area contributed by atoms with Gasteiger partial charge in [0.05, 0.1) is 12.4 Å². The van der Waals surface area contributed by atoms with Crippen molar-refractivity contribution in [3.05, 3.63) is 83.9 Å².